The van der Waals surface area contributed by atoms with E-state index in [1.54, 1.807) is 24.3 Å². The van der Waals surface area contributed by atoms with E-state index in [-0.39, 0.29) is 11.8 Å². The summed E-state index contributed by atoms with van der Waals surface area (Å²) in [5.74, 6) is -0.561. The smallest absolute Gasteiger partial charge is 0.256 e. The number of benzene rings is 5. The van der Waals surface area contributed by atoms with E-state index >= 15 is 0 Å². The third kappa shape index (κ3) is 6.18. The third-order valence-electron chi connectivity index (χ3n) is 7.54. The number of nitrogens with one attached hydrogen (secondary N) is 2. The van der Waals surface area contributed by atoms with Crippen molar-refractivity contribution in [1.29, 1.82) is 0 Å². The Labute approximate surface area is 281 Å². The number of carbonyl (C=O) groups excluding carboxylic acids is 2. The molecule has 2 amide bonds. The monoisotopic (exact) mass is 726 g/mol. The normalized spacial score (nSPS) is 11.0. The molecule has 222 valence electrons. The molecule has 0 bridgehead atoms. The number of hydrogen-bond acceptors (Lipinski definition) is 4. The number of nitrogens with zero attached hydrogens (tertiary/aromatic N) is 2. The van der Waals surface area contributed by atoms with Crippen molar-refractivity contribution in [3.63, 3.8) is 0 Å². The number of halogens is 2. The maximum absolute atomic E-state index is 13.7. The van der Waals surface area contributed by atoms with Crippen molar-refractivity contribution in [3.05, 3.63) is 154 Å². The fraction of sp³-hybridized carbons (Fsp3) is 0. The topological polar surface area (TPSA) is 84.0 Å². The van der Waals surface area contributed by atoms with Gasteiger partial charge in [0, 0.05) is 42.2 Å². The van der Waals surface area contributed by atoms with Crippen molar-refractivity contribution in [2.45, 2.75) is 0 Å². The number of para-hydroxylation sites is 2. The van der Waals surface area contributed by atoms with Gasteiger partial charge in [0.1, 0.15) is 0 Å². The van der Waals surface area contributed by atoms with Gasteiger partial charge >= 0.3 is 0 Å². The molecule has 0 spiro atoms. The van der Waals surface area contributed by atoms with Crippen LogP contribution in [0.4, 0.5) is 11.4 Å². The summed E-state index contributed by atoms with van der Waals surface area (Å²) in [6.07, 6.45) is 0. The van der Waals surface area contributed by atoms with Crippen LogP contribution in [0.15, 0.2) is 142 Å². The van der Waals surface area contributed by atoms with E-state index in [0.29, 0.717) is 33.9 Å². The Morgan fingerprint density at radius 2 is 0.913 bits per heavy atom. The highest BCUT2D eigenvalue weighted by Gasteiger charge is 2.17. The van der Waals surface area contributed by atoms with Crippen molar-refractivity contribution >= 4 is 76.9 Å². The largest absolute Gasteiger partial charge is 0.322 e. The van der Waals surface area contributed by atoms with Gasteiger partial charge in [-0.2, -0.15) is 0 Å². The van der Waals surface area contributed by atoms with Crippen LogP contribution in [0, 0.1) is 0 Å². The zero-order valence-electron chi connectivity index (χ0n) is 24.2. The molecule has 46 heavy (non-hydrogen) atoms. The highest BCUT2D eigenvalue weighted by atomic mass is 79.9. The summed E-state index contributed by atoms with van der Waals surface area (Å²) in [6, 6.07) is 41.5. The highest BCUT2D eigenvalue weighted by molar-refractivity contribution is 9.10. The van der Waals surface area contributed by atoms with Gasteiger partial charge in [-0.1, -0.05) is 98.6 Å². The number of rotatable bonds is 6. The molecule has 0 unspecified atom stereocenters. The van der Waals surface area contributed by atoms with Gasteiger partial charge in [-0.3, -0.25) is 9.59 Å². The molecule has 0 atom stereocenters. The molecule has 2 N–H and O–H groups in total. The van der Waals surface area contributed by atoms with Gasteiger partial charge in [-0.25, -0.2) is 9.97 Å². The molecule has 0 aliphatic rings. The third-order valence-corrected chi connectivity index (χ3v) is 8.53. The molecular formula is C38H24Br2N4O2. The fourth-order valence-electron chi connectivity index (χ4n) is 5.39. The Balaban J connectivity index is 1.18. The second-order valence-electron chi connectivity index (χ2n) is 10.7. The summed E-state index contributed by atoms with van der Waals surface area (Å²) < 4.78 is 1.85. The molecule has 2 heterocycles. The first-order valence-electron chi connectivity index (χ1n) is 14.5. The maximum atomic E-state index is 13.7. The zero-order valence-corrected chi connectivity index (χ0v) is 27.3. The molecule has 6 nitrogen and oxygen atoms in total. The molecule has 0 aliphatic carbocycles. The first-order valence-corrected chi connectivity index (χ1v) is 16.0. The predicted molar refractivity (Wildman–Crippen MR) is 192 cm³/mol. The first kappa shape index (κ1) is 29.5. The lowest BCUT2D eigenvalue weighted by atomic mass is 10.0. The number of fused-ring (bicyclic) bond motifs is 2. The van der Waals surface area contributed by atoms with E-state index in [1.807, 2.05) is 109 Å². The molecule has 2 aromatic heterocycles. The van der Waals surface area contributed by atoms with Gasteiger partial charge in [-0.15, -0.1) is 0 Å². The lowest BCUT2D eigenvalue weighted by molar-refractivity contribution is 0.102. The van der Waals surface area contributed by atoms with Gasteiger partial charge in [-0.05, 0) is 66.7 Å². The average Bonchev–Trinajstić information content (AvgIpc) is 3.07. The van der Waals surface area contributed by atoms with Crippen LogP contribution in [0.1, 0.15) is 20.7 Å². The number of carbonyl (C=O) groups is 2. The molecule has 5 aromatic carbocycles. The van der Waals surface area contributed by atoms with Gasteiger partial charge in [0.05, 0.1) is 33.5 Å². The molecule has 0 fully saturated rings. The lowest BCUT2D eigenvalue weighted by Crippen LogP contribution is -2.15. The summed E-state index contributed by atoms with van der Waals surface area (Å²) in [6.45, 7) is 0. The van der Waals surface area contributed by atoms with Crippen LogP contribution in [0.5, 0.6) is 0 Å². The van der Waals surface area contributed by atoms with Crippen molar-refractivity contribution in [1.82, 2.24) is 9.97 Å². The van der Waals surface area contributed by atoms with Gasteiger partial charge < -0.3 is 10.6 Å². The molecule has 7 rings (SSSR count). The van der Waals surface area contributed by atoms with Gasteiger partial charge in [0.15, 0.2) is 0 Å². The molecule has 0 radical (unpaired) electrons. The van der Waals surface area contributed by atoms with Crippen LogP contribution in [0.2, 0.25) is 0 Å². The van der Waals surface area contributed by atoms with E-state index < -0.39 is 0 Å². The van der Waals surface area contributed by atoms with Crippen LogP contribution in [0.25, 0.3) is 44.3 Å². The van der Waals surface area contributed by atoms with Crippen molar-refractivity contribution in [2.24, 2.45) is 0 Å². The summed E-state index contributed by atoms with van der Waals surface area (Å²) in [4.78, 5) is 37.1. The number of amides is 2. The van der Waals surface area contributed by atoms with E-state index in [4.69, 9.17) is 9.97 Å². The summed E-state index contributed by atoms with van der Waals surface area (Å²) >= 11 is 7.05. The Morgan fingerprint density at radius 3 is 1.37 bits per heavy atom. The van der Waals surface area contributed by atoms with Crippen LogP contribution in [-0.2, 0) is 0 Å². The molecule has 8 heteroatoms. The van der Waals surface area contributed by atoms with Crippen LogP contribution in [-0.4, -0.2) is 21.8 Å². The highest BCUT2D eigenvalue weighted by Crippen LogP contribution is 2.29. The number of anilines is 2. The maximum Gasteiger partial charge on any atom is 0.256 e. The molecular weight excluding hydrogens is 704 g/mol. The Morgan fingerprint density at radius 1 is 0.478 bits per heavy atom. The average molecular weight is 728 g/mol. The SMILES string of the molecule is O=C(Nc1cccc(NC(=O)c2cc(-c3cccc(Br)c3)nc3ccccc23)c1)c1cc(-c2cccc(Br)c2)nc2ccccc12. The Bertz CT molecular complexity index is 2150. The molecule has 0 saturated heterocycles. The molecule has 7 aromatic rings. The lowest BCUT2D eigenvalue weighted by Gasteiger charge is -2.13. The van der Waals surface area contributed by atoms with Crippen LogP contribution < -0.4 is 10.6 Å². The van der Waals surface area contributed by atoms with E-state index in [0.717, 1.165) is 41.9 Å². The molecule has 0 saturated carbocycles. The fourth-order valence-corrected chi connectivity index (χ4v) is 6.19. The summed E-state index contributed by atoms with van der Waals surface area (Å²) in [7, 11) is 0. The minimum absolute atomic E-state index is 0.280. The second kappa shape index (κ2) is 12.7. The van der Waals surface area contributed by atoms with Crippen molar-refractivity contribution in [3.8, 4) is 22.5 Å². The number of pyridine rings is 2. The zero-order chi connectivity index (χ0) is 31.6. The van der Waals surface area contributed by atoms with E-state index in [9.17, 15) is 9.59 Å². The van der Waals surface area contributed by atoms with Crippen molar-refractivity contribution in [2.75, 3.05) is 10.6 Å². The first-order chi connectivity index (χ1) is 22.4. The number of aromatic nitrogens is 2. The number of hydrogen-bond donors (Lipinski definition) is 2. The standard InChI is InChI=1S/C38H24Br2N4O2/c39-25-10-5-8-23(18-25)35-21-31(29-14-1-3-16-33(29)43-35)37(45)41-27-12-7-13-28(20-27)42-38(46)32-22-36(24-9-6-11-26(40)19-24)44-34-17-4-2-15-30(32)34/h1-22H,(H,41,45)(H,42,46). The van der Waals surface area contributed by atoms with Crippen LogP contribution >= 0.6 is 31.9 Å². The summed E-state index contributed by atoms with van der Waals surface area (Å²) in [5, 5.41) is 7.52. The van der Waals surface area contributed by atoms with Gasteiger partial charge in [0.25, 0.3) is 11.8 Å². The summed E-state index contributed by atoms with van der Waals surface area (Å²) in [5.41, 5.74) is 6.70. The molecule has 0 aliphatic heterocycles. The predicted octanol–water partition coefficient (Wildman–Crippen LogP) is 10.1. The second-order valence-corrected chi connectivity index (χ2v) is 12.5. The van der Waals surface area contributed by atoms with E-state index in [2.05, 4.69) is 42.5 Å². The Kier molecular flexibility index (Phi) is 8.13. The minimum Gasteiger partial charge on any atom is -0.322 e. The quantitative estimate of drug-likeness (QED) is 0.179. The van der Waals surface area contributed by atoms with Crippen molar-refractivity contribution < 1.29 is 9.59 Å². The Hall–Kier alpha value is -5.18. The van der Waals surface area contributed by atoms with Gasteiger partial charge in [0.2, 0.25) is 0 Å². The minimum atomic E-state index is -0.280. The van der Waals surface area contributed by atoms with Crippen LogP contribution in [0.3, 0.4) is 0 Å². The van der Waals surface area contributed by atoms with E-state index in [1.165, 1.54) is 0 Å².